The summed E-state index contributed by atoms with van der Waals surface area (Å²) in [5, 5.41) is 1.51. The largest absolute Gasteiger partial charge is 0.481 e. The molecule has 2 aromatic rings. The summed E-state index contributed by atoms with van der Waals surface area (Å²) in [5.74, 6) is 0.0557. The molecule has 9 nitrogen and oxygen atoms in total. The van der Waals surface area contributed by atoms with Crippen LogP contribution in [0.15, 0.2) is 24.4 Å². The first-order valence-electron chi connectivity index (χ1n) is 7.68. The van der Waals surface area contributed by atoms with Crippen molar-refractivity contribution in [2.24, 2.45) is 0 Å². The number of rotatable bonds is 8. The zero-order valence-corrected chi connectivity index (χ0v) is 14.6. The Kier molecular flexibility index (Phi) is 6.47. The van der Waals surface area contributed by atoms with Crippen molar-refractivity contribution in [2.75, 3.05) is 27.3 Å². The average molecular weight is 348 g/mol. The number of nitrogens with zero attached hydrogens (tertiary/aromatic N) is 4. The van der Waals surface area contributed by atoms with Gasteiger partial charge >= 0.3 is 12.0 Å². The van der Waals surface area contributed by atoms with Crippen molar-refractivity contribution in [1.29, 1.82) is 0 Å². The van der Waals surface area contributed by atoms with E-state index in [1.54, 1.807) is 12.1 Å². The fourth-order valence-corrected chi connectivity index (χ4v) is 1.88. The number of carbonyl (C=O) groups is 1. The molecule has 0 radical (unpaired) electrons. The molecule has 0 fully saturated rings. The summed E-state index contributed by atoms with van der Waals surface area (Å²) in [6, 6.07) is 4.66. The Bertz CT molecular complexity index is 699. The SMILES string of the molecule is CCN(CC)OC(=O)c1ncccc1Oc1nc(OC)cc(OC)n1. The minimum absolute atomic E-state index is 0.0137. The summed E-state index contributed by atoms with van der Waals surface area (Å²) in [7, 11) is 2.92. The molecule has 0 aromatic carbocycles. The zero-order chi connectivity index (χ0) is 18.2. The lowest BCUT2D eigenvalue weighted by molar-refractivity contribution is -0.103. The van der Waals surface area contributed by atoms with Crippen molar-refractivity contribution in [3.8, 4) is 23.5 Å². The highest BCUT2D eigenvalue weighted by atomic mass is 16.7. The molecule has 25 heavy (non-hydrogen) atoms. The highest BCUT2D eigenvalue weighted by molar-refractivity contribution is 5.90. The van der Waals surface area contributed by atoms with Gasteiger partial charge < -0.3 is 19.0 Å². The van der Waals surface area contributed by atoms with Crippen LogP contribution in [0, 0.1) is 0 Å². The lowest BCUT2D eigenvalue weighted by atomic mass is 10.3. The van der Waals surface area contributed by atoms with Crippen LogP contribution in [0.3, 0.4) is 0 Å². The lowest BCUT2D eigenvalue weighted by Gasteiger charge is -2.17. The third-order valence-corrected chi connectivity index (χ3v) is 3.16. The van der Waals surface area contributed by atoms with Crippen molar-refractivity contribution < 1.29 is 23.8 Å². The van der Waals surface area contributed by atoms with Crippen LogP contribution in [0.4, 0.5) is 0 Å². The van der Waals surface area contributed by atoms with Gasteiger partial charge in [0.15, 0.2) is 11.4 Å². The Labute approximate surface area is 145 Å². The van der Waals surface area contributed by atoms with Crippen LogP contribution in [0.1, 0.15) is 24.3 Å². The summed E-state index contributed by atoms with van der Waals surface area (Å²) in [4.78, 5) is 29.8. The Morgan fingerprint density at radius 1 is 1.12 bits per heavy atom. The molecule has 134 valence electrons. The molecule has 0 bridgehead atoms. The standard InChI is InChI=1S/C16H20N4O5/c1-5-20(6-2)25-15(21)14-11(8-7-9-17-14)24-16-18-12(22-3)10-13(19-16)23-4/h7-10H,5-6H2,1-4H3. The van der Waals surface area contributed by atoms with E-state index in [0.29, 0.717) is 13.1 Å². The normalized spacial score (nSPS) is 10.4. The van der Waals surface area contributed by atoms with E-state index >= 15 is 0 Å². The first-order chi connectivity index (χ1) is 12.1. The number of hydrogen-bond donors (Lipinski definition) is 0. The number of pyridine rings is 1. The topological polar surface area (TPSA) is 95.9 Å². The highest BCUT2D eigenvalue weighted by Gasteiger charge is 2.20. The smallest absolute Gasteiger partial charge is 0.379 e. The maximum absolute atomic E-state index is 12.3. The molecule has 0 saturated carbocycles. The van der Waals surface area contributed by atoms with Crippen molar-refractivity contribution in [1.82, 2.24) is 20.0 Å². The van der Waals surface area contributed by atoms with Gasteiger partial charge in [0.25, 0.3) is 0 Å². The number of methoxy groups -OCH3 is 2. The van der Waals surface area contributed by atoms with Crippen LogP contribution in [-0.4, -0.2) is 53.3 Å². The molecule has 0 atom stereocenters. The van der Waals surface area contributed by atoms with Gasteiger partial charge in [0.1, 0.15) is 0 Å². The van der Waals surface area contributed by atoms with Crippen LogP contribution < -0.4 is 14.2 Å². The Morgan fingerprint density at radius 3 is 2.32 bits per heavy atom. The van der Waals surface area contributed by atoms with Gasteiger partial charge in [0.2, 0.25) is 11.8 Å². The van der Waals surface area contributed by atoms with E-state index in [-0.39, 0.29) is 29.2 Å². The third kappa shape index (κ3) is 4.77. The van der Waals surface area contributed by atoms with E-state index in [1.807, 2.05) is 13.8 Å². The molecular weight excluding hydrogens is 328 g/mol. The third-order valence-electron chi connectivity index (χ3n) is 3.16. The maximum atomic E-state index is 12.3. The Balaban J connectivity index is 2.28. The molecule has 0 saturated heterocycles. The van der Waals surface area contributed by atoms with E-state index in [0.717, 1.165) is 0 Å². The summed E-state index contributed by atoms with van der Waals surface area (Å²) in [6.07, 6.45) is 1.47. The minimum atomic E-state index is -0.630. The van der Waals surface area contributed by atoms with Gasteiger partial charge in [0, 0.05) is 19.3 Å². The summed E-state index contributed by atoms with van der Waals surface area (Å²) in [6.45, 7) is 4.87. The number of carbonyl (C=O) groups excluding carboxylic acids is 1. The van der Waals surface area contributed by atoms with Crippen LogP contribution in [0.25, 0.3) is 0 Å². The van der Waals surface area contributed by atoms with Crippen molar-refractivity contribution >= 4 is 5.97 Å². The molecule has 2 heterocycles. The van der Waals surface area contributed by atoms with Crippen molar-refractivity contribution in [3.05, 3.63) is 30.1 Å². The molecule has 0 aliphatic carbocycles. The maximum Gasteiger partial charge on any atom is 0.379 e. The molecule has 0 N–H and O–H groups in total. The summed E-state index contributed by atoms with van der Waals surface area (Å²) < 4.78 is 15.7. The quantitative estimate of drug-likeness (QED) is 0.664. The second-order valence-electron chi connectivity index (χ2n) is 4.68. The summed E-state index contributed by atoms with van der Waals surface area (Å²) in [5.41, 5.74) is 0.0137. The number of hydroxylamine groups is 2. The highest BCUT2D eigenvalue weighted by Crippen LogP contribution is 2.25. The fraction of sp³-hybridized carbons (Fsp3) is 0.375. The second-order valence-corrected chi connectivity index (χ2v) is 4.68. The number of hydrogen-bond acceptors (Lipinski definition) is 9. The molecule has 0 amide bonds. The Morgan fingerprint density at radius 2 is 1.76 bits per heavy atom. The van der Waals surface area contributed by atoms with Gasteiger partial charge in [-0.2, -0.15) is 9.97 Å². The van der Waals surface area contributed by atoms with Gasteiger partial charge in [-0.05, 0) is 26.0 Å². The zero-order valence-electron chi connectivity index (χ0n) is 14.6. The van der Waals surface area contributed by atoms with E-state index in [1.165, 1.54) is 31.5 Å². The fourth-order valence-electron chi connectivity index (χ4n) is 1.88. The Hall–Kier alpha value is -2.94. The van der Waals surface area contributed by atoms with E-state index < -0.39 is 5.97 Å². The monoisotopic (exact) mass is 348 g/mol. The second kappa shape index (κ2) is 8.78. The van der Waals surface area contributed by atoms with Crippen LogP contribution in [0.5, 0.6) is 23.5 Å². The molecule has 0 aliphatic heterocycles. The van der Waals surface area contributed by atoms with Gasteiger partial charge in [-0.3, -0.25) is 0 Å². The summed E-state index contributed by atoms with van der Waals surface area (Å²) >= 11 is 0. The van der Waals surface area contributed by atoms with Gasteiger partial charge in [-0.15, -0.1) is 5.06 Å². The van der Waals surface area contributed by atoms with Crippen LogP contribution >= 0.6 is 0 Å². The minimum Gasteiger partial charge on any atom is -0.481 e. The number of aromatic nitrogens is 3. The number of ether oxygens (including phenoxy) is 3. The predicted molar refractivity (Wildman–Crippen MR) is 87.8 cm³/mol. The van der Waals surface area contributed by atoms with E-state index in [2.05, 4.69) is 15.0 Å². The average Bonchev–Trinajstić information content (AvgIpc) is 2.65. The van der Waals surface area contributed by atoms with Crippen LogP contribution in [0.2, 0.25) is 0 Å². The van der Waals surface area contributed by atoms with E-state index in [9.17, 15) is 4.79 Å². The van der Waals surface area contributed by atoms with Gasteiger partial charge in [-0.25, -0.2) is 9.78 Å². The molecule has 0 spiro atoms. The molecule has 2 rings (SSSR count). The first-order valence-corrected chi connectivity index (χ1v) is 7.68. The van der Waals surface area contributed by atoms with Crippen molar-refractivity contribution in [2.45, 2.75) is 13.8 Å². The van der Waals surface area contributed by atoms with Crippen molar-refractivity contribution in [3.63, 3.8) is 0 Å². The predicted octanol–water partition coefficient (Wildman–Crippen LogP) is 2.09. The molecule has 9 heteroatoms. The van der Waals surface area contributed by atoms with Gasteiger partial charge in [0.05, 0.1) is 20.3 Å². The first kappa shape index (κ1) is 18.4. The van der Waals surface area contributed by atoms with Crippen LogP contribution in [-0.2, 0) is 4.84 Å². The van der Waals surface area contributed by atoms with E-state index in [4.69, 9.17) is 19.0 Å². The molecule has 0 unspecified atom stereocenters. The van der Waals surface area contributed by atoms with Gasteiger partial charge in [-0.1, -0.05) is 0 Å². The molecule has 0 aliphatic rings. The molecule has 2 aromatic heterocycles. The lowest BCUT2D eigenvalue weighted by Crippen LogP contribution is -2.27. The molecular formula is C16H20N4O5.